The van der Waals surface area contributed by atoms with Gasteiger partial charge in [-0.3, -0.25) is 4.90 Å². The summed E-state index contributed by atoms with van der Waals surface area (Å²) in [7, 11) is 0. The SMILES string of the molecule is OCCc1ccc2cc(CCN(Cc3cccc(C(F)(F)F)c3Cl)CC(c3ccccc3)c3ccccc3)oc2c1. The summed E-state index contributed by atoms with van der Waals surface area (Å²) in [5, 5.41) is 9.98. The van der Waals surface area contributed by atoms with Crippen molar-refractivity contribution in [3.05, 3.63) is 142 Å². The molecule has 0 unspecified atom stereocenters. The molecule has 0 saturated carbocycles. The molecule has 0 radical (unpaired) electrons. The summed E-state index contributed by atoms with van der Waals surface area (Å²) in [6.45, 7) is 1.43. The summed E-state index contributed by atoms with van der Waals surface area (Å²) in [4.78, 5) is 2.15. The van der Waals surface area contributed by atoms with Gasteiger partial charge in [-0.2, -0.15) is 13.2 Å². The molecule has 3 nitrogen and oxygen atoms in total. The van der Waals surface area contributed by atoms with Gasteiger partial charge in [-0.25, -0.2) is 0 Å². The van der Waals surface area contributed by atoms with E-state index in [9.17, 15) is 18.3 Å². The van der Waals surface area contributed by atoms with Gasteiger partial charge in [0.15, 0.2) is 0 Å². The molecule has 212 valence electrons. The first-order valence-electron chi connectivity index (χ1n) is 13.6. The van der Waals surface area contributed by atoms with Crippen molar-refractivity contribution < 1.29 is 22.7 Å². The minimum absolute atomic E-state index is 0.00122. The lowest BCUT2D eigenvalue weighted by Crippen LogP contribution is -2.31. The number of hydrogen-bond donors (Lipinski definition) is 1. The first kappa shape index (κ1) is 28.9. The third kappa shape index (κ3) is 7.20. The third-order valence-corrected chi connectivity index (χ3v) is 7.78. The molecular formula is C34H31ClF3NO2. The molecule has 0 aliphatic rings. The van der Waals surface area contributed by atoms with E-state index in [1.807, 2.05) is 60.7 Å². The van der Waals surface area contributed by atoms with Gasteiger partial charge in [0.2, 0.25) is 0 Å². The van der Waals surface area contributed by atoms with Gasteiger partial charge in [-0.05, 0) is 46.9 Å². The average Bonchev–Trinajstić information content (AvgIpc) is 3.38. The van der Waals surface area contributed by atoms with Crippen LogP contribution in [-0.4, -0.2) is 29.7 Å². The number of alkyl halides is 3. The van der Waals surface area contributed by atoms with Crippen LogP contribution in [-0.2, 0) is 25.6 Å². The largest absolute Gasteiger partial charge is 0.461 e. The maximum absolute atomic E-state index is 13.6. The number of aliphatic hydroxyl groups excluding tert-OH is 1. The Morgan fingerprint density at radius 3 is 2.12 bits per heavy atom. The number of rotatable bonds is 11. The van der Waals surface area contributed by atoms with Crippen molar-refractivity contribution in [2.75, 3.05) is 19.7 Å². The van der Waals surface area contributed by atoms with E-state index in [4.69, 9.17) is 16.0 Å². The van der Waals surface area contributed by atoms with E-state index in [1.165, 1.54) is 6.07 Å². The Bertz CT molecular complexity index is 1530. The lowest BCUT2D eigenvalue weighted by Gasteiger charge is -2.29. The highest BCUT2D eigenvalue weighted by molar-refractivity contribution is 6.32. The van der Waals surface area contributed by atoms with Crippen molar-refractivity contribution in [1.29, 1.82) is 0 Å². The highest BCUT2D eigenvalue weighted by Crippen LogP contribution is 2.37. The molecule has 0 atom stereocenters. The Kier molecular flexibility index (Phi) is 9.13. The summed E-state index contributed by atoms with van der Waals surface area (Å²) >= 11 is 6.34. The topological polar surface area (TPSA) is 36.6 Å². The number of halogens is 4. The molecule has 0 aliphatic heterocycles. The number of aliphatic hydroxyl groups is 1. The van der Waals surface area contributed by atoms with Crippen LogP contribution < -0.4 is 0 Å². The number of benzene rings is 4. The second-order valence-corrected chi connectivity index (χ2v) is 10.6. The Morgan fingerprint density at radius 2 is 1.49 bits per heavy atom. The van der Waals surface area contributed by atoms with E-state index < -0.39 is 11.7 Å². The molecule has 0 spiro atoms. The normalized spacial score (nSPS) is 12.1. The van der Waals surface area contributed by atoms with Crippen molar-refractivity contribution in [2.24, 2.45) is 0 Å². The Morgan fingerprint density at radius 1 is 0.805 bits per heavy atom. The maximum atomic E-state index is 13.6. The van der Waals surface area contributed by atoms with Crippen LogP contribution in [0.1, 0.15) is 39.5 Å². The minimum atomic E-state index is -4.53. The molecule has 4 aromatic carbocycles. The van der Waals surface area contributed by atoms with E-state index in [0.717, 1.165) is 39.5 Å². The monoisotopic (exact) mass is 577 g/mol. The minimum Gasteiger partial charge on any atom is -0.461 e. The van der Waals surface area contributed by atoms with Gasteiger partial charge in [-0.1, -0.05) is 96.5 Å². The Balaban J connectivity index is 1.45. The summed E-state index contributed by atoms with van der Waals surface area (Å²) in [6, 6.07) is 32.2. The van der Waals surface area contributed by atoms with E-state index in [0.29, 0.717) is 31.5 Å². The zero-order valence-electron chi connectivity index (χ0n) is 22.4. The van der Waals surface area contributed by atoms with Gasteiger partial charge in [-0.15, -0.1) is 0 Å². The number of fused-ring (bicyclic) bond motifs is 1. The molecule has 5 aromatic rings. The van der Waals surface area contributed by atoms with Crippen molar-refractivity contribution in [1.82, 2.24) is 4.90 Å². The van der Waals surface area contributed by atoms with Gasteiger partial charge in [0.1, 0.15) is 11.3 Å². The number of nitrogens with zero attached hydrogens (tertiary/aromatic N) is 1. The molecule has 1 aromatic heterocycles. The Hall–Kier alpha value is -3.58. The zero-order valence-corrected chi connectivity index (χ0v) is 23.2. The highest BCUT2D eigenvalue weighted by atomic mass is 35.5. The van der Waals surface area contributed by atoms with Crippen LogP contribution in [0.4, 0.5) is 13.2 Å². The fourth-order valence-corrected chi connectivity index (χ4v) is 5.53. The summed E-state index contributed by atoms with van der Waals surface area (Å²) in [5.74, 6) is 0.788. The smallest absolute Gasteiger partial charge is 0.417 e. The van der Waals surface area contributed by atoms with Crippen LogP contribution in [0.25, 0.3) is 11.0 Å². The standard InChI is InChI=1S/C34H31ClF3NO2/c35-33-28(12-7-13-31(33)34(36,37)38)22-39(18-16-29-21-27-15-14-24(17-19-40)20-32(27)41-29)23-30(25-8-3-1-4-9-25)26-10-5-2-6-11-26/h1-15,20-21,30,40H,16-19,22-23H2. The maximum Gasteiger partial charge on any atom is 0.417 e. The predicted molar refractivity (Wildman–Crippen MR) is 157 cm³/mol. The first-order chi connectivity index (χ1) is 19.8. The molecule has 41 heavy (non-hydrogen) atoms. The predicted octanol–water partition coefficient (Wildman–Crippen LogP) is 8.52. The van der Waals surface area contributed by atoms with Crippen molar-refractivity contribution >= 4 is 22.6 Å². The molecule has 0 bridgehead atoms. The summed E-state index contributed by atoms with van der Waals surface area (Å²) in [5.41, 5.74) is 3.60. The average molecular weight is 578 g/mol. The molecule has 0 amide bonds. The second kappa shape index (κ2) is 12.9. The fraction of sp³-hybridized carbons (Fsp3) is 0.235. The van der Waals surface area contributed by atoms with Crippen LogP contribution in [0.5, 0.6) is 0 Å². The van der Waals surface area contributed by atoms with Gasteiger partial charge in [0, 0.05) is 44.0 Å². The molecule has 1 N–H and O–H groups in total. The molecular weight excluding hydrogens is 547 g/mol. The van der Waals surface area contributed by atoms with Crippen molar-refractivity contribution in [2.45, 2.75) is 31.5 Å². The van der Waals surface area contributed by atoms with E-state index >= 15 is 0 Å². The van der Waals surface area contributed by atoms with Crippen LogP contribution in [0.3, 0.4) is 0 Å². The fourth-order valence-electron chi connectivity index (χ4n) is 5.24. The van der Waals surface area contributed by atoms with E-state index in [-0.39, 0.29) is 24.1 Å². The third-order valence-electron chi connectivity index (χ3n) is 7.33. The second-order valence-electron chi connectivity index (χ2n) is 10.2. The lowest BCUT2D eigenvalue weighted by atomic mass is 9.90. The lowest BCUT2D eigenvalue weighted by molar-refractivity contribution is -0.137. The first-order valence-corrected chi connectivity index (χ1v) is 14.0. The van der Waals surface area contributed by atoms with Crippen LogP contribution in [0.2, 0.25) is 5.02 Å². The Labute approximate surface area is 242 Å². The quantitative estimate of drug-likeness (QED) is 0.171. The molecule has 0 fully saturated rings. The van der Waals surface area contributed by atoms with Crippen LogP contribution in [0, 0.1) is 0 Å². The molecule has 1 heterocycles. The van der Waals surface area contributed by atoms with Crippen molar-refractivity contribution in [3.63, 3.8) is 0 Å². The van der Waals surface area contributed by atoms with E-state index in [1.54, 1.807) is 6.07 Å². The van der Waals surface area contributed by atoms with Crippen LogP contribution >= 0.6 is 11.6 Å². The zero-order chi connectivity index (χ0) is 28.8. The molecule has 0 aliphatic carbocycles. The van der Waals surface area contributed by atoms with Crippen molar-refractivity contribution in [3.8, 4) is 0 Å². The number of hydrogen-bond acceptors (Lipinski definition) is 3. The highest BCUT2D eigenvalue weighted by Gasteiger charge is 2.34. The van der Waals surface area contributed by atoms with Gasteiger partial charge < -0.3 is 9.52 Å². The molecule has 5 rings (SSSR count). The van der Waals surface area contributed by atoms with Gasteiger partial charge >= 0.3 is 6.18 Å². The van der Waals surface area contributed by atoms with Crippen LogP contribution in [0.15, 0.2) is 108 Å². The summed E-state index contributed by atoms with van der Waals surface area (Å²) in [6.07, 6.45) is -3.41. The van der Waals surface area contributed by atoms with Gasteiger partial charge in [0.05, 0.1) is 10.6 Å². The van der Waals surface area contributed by atoms with Gasteiger partial charge in [0.25, 0.3) is 0 Å². The summed E-state index contributed by atoms with van der Waals surface area (Å²) < 4.78 is 47.1. The molecule has 7 heteroatoms. The number of furan rings is 1. The van der Waals surface area contributed by atoms with E-state index in [2.05, 4.69) is 29.2 Å². The molecule has 0 saturated heterocycles.